The molecule has 0 N–H and O–H groups in total. The van der Waals surface area contributed by atoms with Gasteiger partial charge in [-0.15, -0.1) is 10.1 Å². The first-order valence-corrected chi connectivity index (χ1v) is 11.3. The average molecular weight is 561 g/mol. The number of hydrogen-bond donors (Lipinski definition) is 0. The van der Waals surface area contributed by atoms with Crippen molar-refractivity contribution < 1.29 is 71.1 Å². The number of alkyl halides is 3. The first kappa shape index (κ1) is 28.7. The molecule has 0 saturated carbocycles. The second kappa shape index (κ2) is 9.51. The highest BCUT2D eigenvalue weighted by atomic mass is 32.5. The number of carbonyl (C=O) groups excluding carboxylic acids is 2. The fourth-order valence-corrected chi connectivity index (χ4v) is 3.26. The van der Waals surface area contributed by atoms with Gasteiger partial charge < -0.3 is 23.8 Å². The molecule has 0 aromatic heterocycles. The number of benzene rings is 1. The van der Waals surface area contributed by atoms with E-state index in [1.54, 1.807) is 0 Å². The quantitative estimate of drug-likeness (QED) is 0.0885. The zero-order valence-electron chi connectivity index (χ0n) is 17.5. The summed E-state index contributed by atoms with van der Waals surface area (Å²) in [5.74, 6) is -2.70. The van der Waals surface area contributed by atoms with Gasteiger partial charge in [-0.05, 0) is 37.1 Å². The molecule has 0 radical (unpaired) electrons. The molecule has 1 aliphatic heterocycles. The maximum absolute atomic E-state index is 13.3. The maximum atomic E-state index is 13.3. The highest BCUT2D eigenvalue weighted by Gasteiger charge is 2.65. The molecule has 1 aromatic rings. The molecule has 1 atom stereocenters. The van der Waals surface area contributed by atoms with Gasteiger partial charge in [0.1, 0.15) is 10.6 Å². The molecule has 204 valence electrons. The van der Waals surface area contributed by atoms with Crippen LogP contribution in [0.3, 0.4) is 0 Å². The van der Waals surface area contributed by atoms with E-state index in [0.717, 1.165) is 0 Å². The van der Waals surface area contributed by atoms with E-state index in [4.69, 9.17) is 0 Å². The van der Waals surface area contributed by atoms with Gasteiger partial charge in [0.25, 0.3) is 5.09 Å². The summed E-state index contributed by atoms with van der Waals surface area (Å²) in [4.78, 5) is 35.0. The molecule has 0 unspecified atom stereocenters. The van der Waals surface area contributed by atoms with Crippen molar-refractivity contribution in [2.24, 2.45) is 0 Å². The van der Waals surface area contributed by atoms with Crippen LogP contribution in [0.25, 0.3) is 6.08 Å². The Hall–Kier alpha value is -3.51. The summed E-state index contributed by atoms with van der Waals surface area (Å²) in [7, 11) is -10.2. The van der Waals surface area contributed by atoms with Crippen molar-refractivity contribution in [3.63, 3.8) is 0 Å². The van der Waals surface area contributed by atoms with Gasteiger partial charge >= 0.3 is 28.5 Å². The minimum absolute atomic E-state index is 0.0978. The van der Waals surface area contributed by atoms with Crippen LogP contribution in [0, 0.1) is 10.1 Å². The number of hydrogen-bond acceptors (Lipinski definition) is 9. The van der Waals surface area contributed by atoms with Crippen molar-refractivity contribution in [2.75, 3.05) is 20.0 Å². The molecule has 1 aromatic carbocycles. The number of carbonyl (C=O) groups is 2. The number of nitrogens with zero attached hydrogens (tertiary/aromatic N) is 1. The molecule has 0 saturated heterocycles. The van der Waals surface area contributed by atoms with Gasteiger partial charge in [-0.3, -0.25) is 0 Å². The second-order valence-corrected chi connectivity index (χ2v) is 9.27. The molecule has 1 aliphatic rings. The zero-order chi connectivity index (χ0) is 27.4. The predicted molar refractivity (Wildman–Crippen MR) is 102 cm³/mol. The van der Waals surface area contributed by atoms with Gasteiger partial charge in [0.15, 0.2) is 0 Å². The number of esters is 1. The third-order valence-corrected chi connectivity index (χ3v) is 5.26. The lowest BCUT2D eigenvalue weighted by molar-refractivity contribution is -0.757. The minimum Gasteiger partial charge on any atom is -0.475 e. The number of fused-ring (bicyclic) bond motifs is 1. The van der Waals surface area contributed by atoms with E-state index in [1.807, 2.05) is 0 Å². The Bertz CT molecular complexity index is 1060. The molecule has 10 nitrogen and oxygen atoms in total. The summed E-state index contributed by atoms with van der Waals surface area (Å²) in [6.45, 7) is -1.88. The van der Waals surface area contributed by atoms with Gasteiger partial charge in [-0.25, -0.2) is 9.59 Å². The predicted octanol–water partition coefficient (Wildman–Crippen LogP) is 5.69. The Labute approximate surface area is 195 Å². The van der Waals surface area contributed by atoms with E-state index in [9.17, 15) is 52.3 Å². The van der Waals surface area contributed by atoms with Crippen LogP contribution in [-0.2, 0) is 23.8 Å². The number of halogens is 8. The van der Waals surface area contributed by atoms with Gasteiger partial charge in [-0.2, -0.15) is 13.2 Å². The van der Waals surface area contributed by atoms with Crippen molar-refractivity contribution in [2.45, 2.75) is 30.0 Å². The van der Waals surface area contributed by atoms with Gasteiger partial charge in [0, 0.05) is 5.56 Å². The lowest BCUT2D eigenvalue weighted by Crippen LogP contribution is -2.41. The lowest BCUT2D eigenvalue weighted by atomic mass is 10.0. The van der Waals surface area contributed by atoms with Crippen LogP contribution in [0.2, 0.25) is 0 Å². The van der Waals surface area contributed by atoms with Gasteiger partial charge in [0.05, 0.1) is 18.8 Å². The normalized spacial score (nSPS) is 17.3. The monoisotopic (exact) mass is 561 g/mol. The van der Waals surface area contributed by atoms with E-state index in [2.05, 4.69) is 23.8 Å². The molecular weight excluding hydrogens is 546 g/mol. The largest absolute Gasteiger partial charge is 0.511 e. The van der Waals surface area contributed by atoms with Crippen LogP contribution >= 0.6 is 10.2 Å². The Morgan fingerprint density at radius 2 is 1.67 bits per heavy atom. The SMILES string of the molecule is O=C(OCCCCO[N+](=O)[O-])OCOC(=O)C1=Cc2cc(S(F)(F)(F)(F)F)ccc2O[C@@H]1C(F)(F)F. The van der Waals surface area contributed by atoms with E-state index in [-0.39, 0.29) is 50.3 Å². The molecule has 0 spiro atoms. The van der Waals surface area contributed by atoms with E-state index < -0.39 is 68.3 Å². The van der Waals surface area contributed by atoms with Crippen LogP contribution in [0.1, 0.15) is 18.4 Å². The Kier molecular flexibility index (Phi) is 7.59. The molecular formula is C17H15F8NO9S. The van der Waals surface area contributed by atoms with Crippen LogP contribution in [-0.4, -0.2) is 49.5 Å². The van der Waals surface area contributed by atoms with Crippen molar-refractivity contribution in [3.8, 4) is 5.75 Å². The topological polar surface area (TPSA) is 123 Å². The summed E-state index contributed by atoms with van der Waals surface area (Å²) in [5, 5.41) is 8.89. The standard InChI is InChI=1S/C17H15F8NO9S/c18-17(19,20)14-12(8-10-7-11(3-4-13(10)35-14)36(21,22,23,24)25)15(27)32-9-33-16(28)31-5-1-2-6-34-26(29)30/h3-4,7-8,14H,1-2,5-6,9H2/t14-/m0/s1. The van der Waals surface area contributed by atoms with E-state index in [0.29, 0.717) is 0 Å². The number of ether oxygens (including phenoxy) is 4. The highest BCUT2D eigenvalue weighted by Crippen LogP contribution is 3.02. The second-order valence-electron chi connectivity index (χ2n) is 6.86. The van der Waals surface area contributed by atoms with Crippen LogP contribution < -0.4 is 4.74 Å². The minimum atomic E-state index is -10.2. The Morgan fingerprint density at radius 3 is 2.25 bits per heavy atom. The van der Waals surface area contributed by atoms with Gasteiger partial charge in [-0.1, -0.05) is 19.4 Å². The molecule has 1 heterocycles. The summed E-state index contributed by atoms with van der Waals surface area (Å²) in [6.07, 6.45) is -9.30. The van der Waals surface area contributed by atoms with E-state index >= 15 is 0 Å². The van der Waals surface area contributed by atoms with Crippen LogP contribution in [0.5, 0.6) is 5.75 Å². The highest BCUT2D eigenvalue weighted by molar-refractivity contribution is 8.45. The fraction of sp³-hybridized carbons (Fsp3) is 0.412. The summed E-state index contributed by atoms with van der Waals surface area (Å²) < 4.78 is 123. The third kappa shape index (κ3) is 8.31. The molecule has 0 aliphatic carbocycles. The van der Waals surface area contributed by atoms with E-state index in [1.165, 1.54) is 0 Å². The number of unbranched alkanes of at least 4 members (excludes halogenated alkanes) is 1. The summed E-state index contributed by atoms with van der Waals surface area (Å²) >= 11 is 0. The molecule has 2 rings (SSSR count). The maximum Gasteiger partial charge on any atom is 0.511 e. The average Bonchev–Trinajstić information content (AvgIpc) is 2.72. The first-order chi connectivity index (χ1) is 16.3. The van der Waals surface area contributed by atoms with Gasteiger partial charge in [0.2, 0.25) is 12.9 Å². The van der Waals surface area contributed by atoms with Crippen molar-refractivity contribution in [1.29, 1.82) is 0 Å². The molecule has 0 bridgehead atoms. The van der Waals surface area contributed by atoms with Crippen LogP contribution in [0.4, 0.5) is 37.4 Å². The molecule has 19 heteroatoms. The number of rotatable bonds is 10. The summed E-state index contributed by atoms with van der Waals surface area (Å²) in [5.41, 5.74) is -2.31. The Balaban J connectivity index is 2.05. The molecule has 0 amide bonds. The first-order valence-electron chi connectivity index (χ1n) is 9.35. The van der Waals surface area contributed by atoms with Crippen molar-refractivity contribution in [3.05, 3.63) is 39.4 Å². The summed E-state index contributed by atoms with van der Waals surface area (Å²) in [6, 6.07) is -0.0797. The molecule has 36 heavy (non-hydrogen) atoms. The smallest absolute Gasteiger partial charge is 0.475 e. The van der Waals surface area contributed by atoms with Crippen molar-refractivity contribution >= 4 is 28.4 Å². The molecule has 0 fully saturated rings. The fourth-order valence-electron chi connectivity index (χ4n) is 2.58. The lowest BCUT2D eigenvalue weighted by Gasteiger charge is -2.41. The van der Waals surface area contributed by atoms with Crippen LogP contribution in [0.15, 0.2) is 28.7 Å². The third-order valence-electron chi connectivity index (χ3n) is 4.12. The van der Waals surface area contributed by atoms with Crippen molar-refractivity contribution in [1.82, 2.24) is 0 Å². The Morgan fingerprint density at radius 1 is 1.03 bits per heavy atom. The zero-order valence-corrected chi connectivity index (χ0v) is 18.3.